The number of aromatic nitrogens is 2. The van der Waals surface area contributed by atoms with Gasteiger partial charge in [0.15, 0.2) is 0 Å². The van der Waals surface area contributed by atoms with E-state index >= 15 is 0 Å². The van der Waals surface area contributed by atoms with E-state index in [4.69, 9.17) is 0 Å². The molecule has 0 atom stereocenters. The fourth-order valence-corrected chi connectivity index (χ4v) is 2.57. The highest BCUT2D eigenvalue weighted by atomic mass is 16.3. The topological polar surface area (TPSA) is 41.3 Å². The lowest BCUT2D eigenvalue weighted by Crippen LogP contribution is -2.35. The van der Waals surface area contributed by atoms with Gasteiger partial charge >= 0.3 is 0 Å². The summed E-state index contributed by atoms with van der Waals surface area (Å²) >= 11 is 0. The van der Waals surface area contributed by atoms with Crippen LogP contribution in [0.25, 0.3) is 0 Å². The Balaban J connectivity index is 2.05. The van der Waals surface area contributed by atoms with Crippen LogP contribution in [0.5, 0.6) is 0 Å². The number of aliphatic hydroxyl groups excluding tert-OH is 1. The molecule has 2 rings (SSSR count). The van der Waals surface area contributed by atoms with Gasteiger partial charge in [-0.15, -0.1) is 0 Å². The number of likely N-dealkylation sites (tertiary alicyclic amines) is 1. The maximum atomic E-state index is 9.50. The Labute approximate surface area is 103 Å². The summed E-state index contributed by atoms with van der Waals surface area (Å²) in [7, 11) is 0. The third-order valence-electron chi connectivity index (χ3n) is 3.77. The molecule has 4 nitrogen and oxygen atoms in total. The van der Waals surface area contributed by atoms with E-state index in [9.17, 15) is 5.11 Å². The first-order valence-electron chi connectivity index (χ1n) is 6.55. The van der Waals surface area contributed by atoms with E-state index in [-0.39, 0.29) is 6.10 Å². The quantitative estimate of drug-likeness (QED) is 0.865. The first-order valence-corrected chi connectivity index (χ1v) is 6.55. The molecule has 1 aliphatic rings. The second kappa shape index (κ2) is 5.19. The molecule has 96 valence electrons. The van der Waals surface area contributed by atoms with Crippen LogP contribution < -0.4 is 0 Å². The van der Waals surface area contributed by atoms with Crippen LogP contribution in [-0.2, 0) is 13.1 Å². The Kier molecular flexibility index (Phi) is 3.84. The van der Waals surface area contributed by atoms with E-state index in [2.05, 4.69) is 35.5 Å². The molecule has 1 aromatic heterocycles. The number of piperidine rings is 1. The lowest BCUT2D eigenvalue weighted by molar-refractivity contribution is 0.0791. The fraction of sp³-hybridized carbons (Fsp3) is 0.769. The first-order chi connectivity index (χ1) is 8.11. The second-order valence-electron chi connectivity index (χ2n) is 4.97. The van der Waals surface area contributed by atoms with Crippen LogP contribution >= 0.6 is 0 Å². The molecular weight excluding hydrogens is 214 g/mol. The lowest BCUT2D eigenvalue weighted by Gasteiger charge is -2.29. The molecule has 0 radical (unpaired) electrons. The average Bonchev–Trinajstić information content (AvgIpc) is 2.59. The molecule has 0 aromatic carbocycles. The number of rotatable bonds is 3. The smallest absolute Gasteiger partial charge is 0.0641 e. The highest BCUT2D eigenvalue weighted by molar-refractivity contribution is 5.24. The van der Waals surface area contributed by atoms with Gasteiger partial charge < -0.3 is 5.11 Å². The molecule has 1 saturated heterocycles. The number of hydrogen-bond donors (Lipinski definition) is 1. The Morgan fingerprint density at radius 1 is 1.29 bits per heavy atom. The van der Waals surface area contributed by atoms with E-state index in [1.807, 2.05) is 0 Å². The van der Waals surface area contributed by atoms with Gasteiger partial charge in [-0.25, -0.2) is 0 Å². The van der Waals surface area contributed by atoms with Gasteiger partial charge in [-0.2, -0.15) is 5.10 Å². The van der Waals surface area contributed by atoms with Crippen LogP contribution in [0.3, 0.4) is 0 Å². The van der Waals surface area contributed by atoms with Gasteiger partial charge in [0.1, 0.15) is 0 Å². The summed E-state index contributed by atoms with van der Waals surface area (Å²) in [6.45, 7) is 10.3. The van der Waals surface area contributed by atoms with Gasteiger partial charge in [-0.3, -0.25) is 9.58 Å². The Morgan fingerprint density at radius 2 is 1.94 bits per heavy atom. The molecule has 17 heavy (non-hydrogen) atoms. The Morgan fingerprint density at radius 3 is 2.47 bits per heavy atom. The molecule has 1 aromatic rings. The number of aryl methyl sites for hydroxylation is 2. The van der Waals surface area contributed by atoms with E-state index in [1.165, 1.54) is 11.3 Å². The zero-order chi connectivity index (χ0) is 12.4. The summed E-state index contributed by atoms with van der Waals surface area (Å²) in [5, 5.41) is 14.1. The molecule has 1 aliphatic heterocycles. The number of aliphatic hydroxyl groups is 1. The van der Waals surface area contributed by atoms with E-state index in [0.29, 0.717) is 0 Å². The Bertz CT molecular complexity index is 378. The van der Waals surface area contributed by atoms with Crippen LogP contribution in [0.2, 0.25) is 0 Å². The van der Waals surface area contributed by atoms with E-state index in [1.54, 1.807) is 0 Å². The monoisotopic (exact) mass is 237 g/mol. The predicted octanol–water partition coefficient (Wildman–Crippen LogP) is 1.48. The molecule has 0 unspecified atom stereocenters. The van der Waals surface area contributed by atoms with Crippen molar-refractivity contribution in [1.29, 1.82) is 0 Å². The van der Waals surface area contributed by atoms with Crippen molar-refractivity contribution >= 4 is 0 Å². The van der Waals surface area contributed by atoms with Crippen LogP contribution in [0, 0.1) is 13.8 Å². The molecule has 4 heteroatoms. The van der Waals surface area contributed by atoms with Crippen molar-refractivity contribution in [3.63, 3.8) is 0 Å². The highest BCUT2D eigenvalue weighted by Crippen LogP contribution is 2.18. The van der Waals surface area contributed by atoms with Gasteiger partial charge in [0.25, 0.3) is 0 Å². The van der Waals surface area contributed by atoms with Gasteiger partial charge in [0.2, 0.25) is 0 Å². The lowest BCUT2D eigenvalue weighted by atomic mass is 10.1. The molecule has 1 fully saturated rings. The van der Waals surface area contributed by atoms with Crippen molar-refractivity contribution < 1.29 is 5.11 Å². The summed E-state index contributed by atoms with van der Waals surface area (Å²) in [4.78, 5) is 2.42. The first kappa shape index (κ1) is 12.6. The van der Waals surface area contributed by atoms with Crippen molar-refractivity contribution in [2.45, 2.75) is 52.8 Å². The minimum Gasteiger partial charge on any atom is -0.393 e. The van der Waals surface area contributed by atoms with Crippen molar-refractivity contribution in [3.8, 4) is 0 Å². The SMILES string of the molecule is CCn1nc(C)c(CN2CCC(O)CC2)c1C. The van der Waals surface area contributed by atoms with Crippen LogP contribution in [0.15, 0.2) is 0 Å². The third-order valence-corrected chi connectivity index (χ3v) is 3.77. The predicted molar refractivity (Wildman–Crippen MR) is 67.9 cm³/mol. The van der Waals surface area contributed by atoms with Gasteiger partial charge in [-0.1, -0.05) is 0 Å². The number of nitrogens with zero attached hydrogens (tertiary/aromatic N) is 3. The zero-order valence-electron chi connectivity index (χ0n) is 11.1. The van der Waals surface area contributed by atoms with Gasteiger partial charge in [-0.05, 0) is 33.6 Å². The molecule has 0 spiro atoms. The van der Waals surface area contributed by atoms with E-state index < -0.39 is 0 Å². The molecule has 0 amide bonds. The fourth-order valence-electron chi connectivity index (χ4n) is 2.57. The summed E-state index contributed by atoms with van der Waals surface area (Å²) < 4.78 is 2.07. The summed E-state index contributed by atoms with van der Waals surface area (Å²) in [6, 6.07) is 0. The molecule has 1 N–H and O–H groups in total. The maximum Gasteiger partial charge on any atom is 0.0641 e. The largest absolute Gasteiger partial charge is 0.393 e. The molecule has 2 heterocycles. The number of hydrogen-bond acceptors (Lipinski definition) is 3. The van der Waals surface area contributed by atoms with Crippen molar-refractivity contribution in [1.82, 2.24) is 14.7 Å². The van der Waals surface area contributed by atoms with Crippen LogP contribution in [-0.4, -0.2) is 39.0 Å². The summed E-state index contributed by atoms with van der Waals surface area (Å²) in [6.07, 6.45) is 1.71. The molecule has 0 aliphatic carbocycles. The van der Waals surface area contributed by atoms with Crippen molar-refractivity contribution in [2.75, 3.05) is 13.1 Å². The Hall–Kier alpha value is -0.870. The third kappa shape index (κ3) is 2.69. The van der Waals surface area contributed by atoms with E-state index in [0.717, 1.165) is 44.7 Å². The molecule has 0 saturated carbocycles. The maximum absolute atomic E-state index is 9.50. The van der Waals surface area contributed by atoms with Gasteiger partial charge in [0.05, 0.1) is 11.8 Å². The zero-order valence-corrected chi connectivity index (χ0v) is 11.1. The van der Waals surface area contributed by atoms with Crippen LogP contribution in [0.1, 0.15) is 36.7 Å². The van der Waals surface area contributed by atoms with Crippen LogP contribution in [0.4, 0.5) is 0 Å². The minimum atomic E-state index is -0.0909. The standard InChI is InChI=1S/C13H23N3O/c1-4-16-11(3)13(10(2)14-16)9-15-7-5-12(17)6-8-15/h12,17H,4-9H2,1-3H3. The summed E-state index contributed by atoms with van der Waals surface area (Å²) in [5.41, 5.74) is 3.80. The highest BCUT2D eigenvalue weighted by Gasteiger charge is 2.19. The second-order valence-corrected chi connectivity index (χ2v) is 4.97. The molecule has 0 bridgehead atoms. The molecular formula is C13H23N3O. The van der Waals surface area contributed by atoms with Crippen molar-refractivity contribution in [3.05, 3.63) is 17.0 Å². The van der Waals surface area contributed by atoms with Crippen molar-refractivity contribution in [2.24, 2.45) is 0 Å². The summed E-state index contributed by atoms with van der Waals surface area (Å²) in [5.74, 6) is 0. The minimum absolute atomic E-state index is 0.0909. The van der Waals surface area contributed by atoms with Gasteiger partial charge in [0, 0.05) is 37.4 Å². The normalized spacial score (nSPS) is 18.8. The average molecular weight is 237 g/mol.